The molecule has 0 saturated carbocycles. The first-order valence-electron chi connectivity index (χ1n) is 9.05. The van der Waals surface area contributed by atoms with Gasteiger partial charge in [0.05, 0.1) is 26.8 Å². The van der Waals surface area contributed by atoms with E-state index in [-0.39, 0.29) is 16.1 Å². The number of aryl methyl sites for hydroxylation is 1. The second-order valence-corrected chi connectivity index (χ2v) is 7.23. The molecule has 4 rings (SSSR count). The molecule has 2 N–H and O–H groups in total. The maximum atomic E-state index is 12.9. The number of nitrogens with one attached hydrogen (secondary N) is 1. The Hall–Kier alpha value is -3.77. The van der Waals surface area contributed by atoms with Crippen LogP contribution < -0.4 is 16.1 Å². The normalized spacial score (nSPS) is 11.7. The summed E-state index contributed by atoms with van der Waals surface area (Å²) in [5.41, 5.74) is 2.11. The van der Waals surface area contributed by atoms with Crippen molar-refractivity contribution in [3.8, 4) is 17.0 Å². The zero-order chi connectivity index (χ0) is 21.4. The molecule has 0 unspecified atom stereocenters. The number of aromatic nitrogens is 2. The second-order valence-electron chi connectivity index (χ2n) is 6.83. The maximum Gasteiger partial charge on any atom is 0.337 e. The van der Waals surface area contributed by atoms with Crippen LogP contribution in [0.3, 0.4) is 0 Å². The number of aromatic amines is 1. The van der Waals surface area contributed by atoms with Crippen molar-refractivity contribution >= 4 is 30.2 Å². The number of H-pyrrole nitrogens is 1. The van der Waals surface area contributed by atoms with Crippen molar-refractivity contribution in [2.75, 3.05) is 0 Å². The van der Waals surface area contributed by atoms with Crippen LogP contribution in [0.4, 0.5) is 0 Å². The lowest BCUT2D eigenvalue weighted by molar-refractivity contribution is 0.0697. The van der Waals surface area contributed by atoms with Crippen molar-refractivity contribution in [3.05, 3.63) is 97.4 Å². The molecule has 30 heavy (non-hydrogen) atoms. The van der Waals surface area contributed by atoms with E-state index in [4.69, 9.17) is 16.0 Å². The molecular formula is C23H17ClN2O4. The van der Waals surface area contributed by atoms with Gasteiger partial charge in [-0.1, -0.05) is 35.9 Å². The number of hydrogen-bond acceptors (Lipinski definition) is 3. The Balaban J connectivity index is 1.74. The molecule has 150 valence electrons. The number of halogens is 1. The Labute approximate surface area is 176 Å². The van der Waals surface area contributed by atoms with E-state index in [9.17, 15) is 14.7 Å². The molecular weight excluding hydrogens is 404 g/mol. The summed E-state index contributed by atoms with van der Waals surface area (Å²) in [5, 5.41) is 13.2. The number of furan rings is 1. The minimum Gasteiger partial charge on any atom is -0.478 e. The van der Waals surface area contributed by atoms with E-state index in [2.05, 4.69) is 11.7 Å². The number of aromatic carboxylic acids is 1. The van der Waals surface area contributed by atoms with E-state index in [0.29, 0.717) is 33.3 Å². The largest absolute Gasteiger partial charge is 0.478 e. The van der Waals surface area contributed by atoms with Crippen LogP contribution in [0.25, 0.3) is 29.7 Å². The molecule has 0 spiro atoms. The Morgan fingerprint density at radius 2 is 1.90 bits per heavy atom. The lowest BCUT2D eigenvalue weighted by atomic mass is 10.1. The van der Waals surface area contributed by atoms with Crippen LogP contribution in [0.2, 0.25) is 5.02 Å². The number of hydrogen-bond donors (Lipinski definition) is 2. The molecule has 0 bridgehead atoms. The van der Waals surface area contributed by atoms with E-state index < -0.39 is 5.97 Å². The first-order valence-corrected chi connectivity index (χ1v) is 9.43. The molecule has 0 aliphatic heterocycles. The van der Waals surface area contributed by atoms with E-state index in [1.165, 1.54) is 16.8 Å². The number of nitrogens with zero attached hydrogens (tertiary/aromatic N) is 1. The Morgan fingerprint density at radius 3 is 2.60 bits per heavy atom. The molecule has 0 radical (unpaired) electrons. The van der Waals surface area contributed by atoms with Gasteiger partial charge < -0.3 is 9.52 Å². The average Bonchev–Trinajstić information content (AvgIpc) is 3.29. The minimum absolute atomic E-state index is 0.0113. The van der Waals surface area contributed by atoms with Gasteiger partial charge in [0.1, 0.15) is 11.5 Å². The van der Waals surface area contributed by atoms with Gasteiger partial charge in [-0.3, -0.25) is 9.89 Å². The molecule has 2 aromatic heterocycles. The zero-order valence-electron chi connectivity index (χ0n) is 16.0. The molecule has 0 aliphatic carbocycles. The van der Waals surface area contributed by atoms with Crippen molar-refractivity contribution in [2.24, 2.45) is 0 Å². The second kappa shape index (κ2) is 7.57. The van der Waals surface area contributed by atoms with Crippen molar-refractivity contribution in [1.82, 2.24) is 9.78 Å². The van der Waals surface area contributed by atoms with Gasteiger partial charge in [0.15, 0.2) is 0 Å². The Morgan fingerprint density at radius 1 is 1.17 bits per heavy atom. The Kier molecular flexibility index (Phi) is 4.93. The van der Waals surface area contributed by atoms with Crippen LogP contribution in [0, 0.1) is 6.92 Å². The average molecular weight is 421 g/mol. The van der Waals surface area contributed by atoms with Gasteiger partial charge in [-0.05, 0) is 55.5 Å². The van der Waals surface area contributed by atoms with Gasteiger partial charge in [-0.15, -0.1) is 0 Å². The van der Waals surface area contributed by atoms with Crippen LogP contribution in [0.5, 0.6) is 0 Å². The van der Waals surface area contributed by atoms with Crippen LogP contribution in [-0.4, -0.2) is 20.9 Å². The van der Waals surface area contributed by atoms with Crippen molar-refractivity contribution < 1.29 is 14.3 Å². The summed E-state index contributed by atoms with van der Waals surface area (Å²) < 4.78 is 7.23. The molecule has 0 aliphatic rings. The van der Waals surface area contributed by atoms with Crippen LogP contribution in [0.15, 0.2) is 63.8 Å². The highest BCUT2D eigenvalue weighted by Gasteiger charge is 2.12. The van der Waals surface area contributed by atoms with Crippen LogP contribution in [0.1, 0.15) is 21.7 Å². The van der Waals surface area contributed by atoms with E-state index in [0.717, 1.165) is 5.56 Å². The lowest BCUT2D eigenvalue weighted by Gasteiger charge is -2.01. The van der Waals surface area contributed by atoms with Crippen molar-refractivity contribution in [1.29, 1.82) is 0 Å². The fourth-order valence-corrected chi connectivity index (χ4v) is 3.29. The lowest BCUT2D eigenvalue weighted by Crippen LogP contribution is -2.33. The van der Waals surface area contributed by atoms with Gasteiger partial charge in [0, 0.05) is 5.56 Å². The van der Waals surface area contributed by atoms with Crippen molar-refractivity contribution in [3.63, 3.8) is 0 Å². The van der Waals surface area contributed by atoms with Gasteiger partial charge in [0.2, 0.25) is 0 Å². The van der Waals surface area contributed by atoms with Crippen LogP contribution >= 0.6 is 11.6 Å². The number of carbonyl (C=O) groups is 1. The zero-order valence-corrected chi connectivity index (χ0v) is 16.7. The minimum atomic E-state index is -1.12. The summed E-state index contributed by atoms with van der Waals surface area (Å²) in [4.78, 5) is 24.1. The van der Waals surface area contributed by atoms with Gasteiger partial charge in [-0.2, -0.15) is 0 Å². The molecule has 0 saturated heterocycles. The molecule has 2 heterocycles. The smallest absolute Gasteiger partial charge is 0.337 e. The maximum absolute atomic E-state index is 12.9. The van der Waals surface area contributed by atoms with E-state index >= 15 is 0 Å². The molecule has 6 nitrogen and oxygen atoms in total. The summed E-state index contributed by atoms with van der Waals surface area (Å²) >= 11 is 5.92. The molecule has 7 heteroatoms. The summed E-state index contributed by atoms with van der Waals surface area (Å²) in [6, 6.07) is 15.6. The molecule has 0 amide bonds. The highest BCUT2D eigenvalue weighted by atomic mass is 35.5. The van der Waals surface area contributed by atoms with E-state index in [1.807, 2.05) is 31.2 Å². The number of benzene rings is 2. The SMILES string of the molecule is C=c1[nH]n(-c2ccc(C)cc2)c(=O)/c1=C/c1ccc(-c2ccc(Cl)c(C(=O)O)c2)o1. The number of carboxylic acid groups (broad SMARTS) is 1. The number of carboxylic acids is 1. The monoisotopic (exact) mass is 420 g/mol. The Bertz CT molecular complexity index is 1430. The third-order valence-electron chi connectivity index (χ3n) is 4.69. The topological polar surface area (TPSA) is 88.2 Å². The molecule has 4 aromatic rings. The highest BCUT2D eigenvalue weighted by Crippen LogP contribution is 2.27. The first-order chi connectivity index (χ1) is 14.3. The molecule has 2 aromatic carbocycles. The van der Waals surface area contributed by atoms with Gasteiger partial charge in [-0.25, -0.2) is 9.48 Å². The van der Waals surface area contributed by atoms with Gasteiger partial charge >= 0.3 is 5.97 Å². The molecule has 0 fully saturated rings. The van der Waals surface area contributed by atoms with Crippen molar-refractivity contribution in [2.45, 2.75) is 6.92 Å². The van der Waals surface area contributed by atoms with Crippen LogP contribution in [-0.2, 0) is 0 Å². The quantitative estimate of drug-likeness (QED) is 0.530. The summed E-state index contributed by atoms with van der Waals surface area (Å²) in [5.74, 6) is -0.222. The number of rotatable bonds is 4. The van der Waals surface area contributed by atoms with Gasteiger partial charge in [0.25, 0.3) is 5.56 Å². The fourth-order valence-electron chi connectivity index (χ4n) is 3.09. The van der Waals surface area contributed by atoms with E-state index in [1.54, 1.807) is 24.3 Å². The standard InChI is InChI=1S/C23H17ClN2O4/c1-13-3-6-16(7-4-13)26-22(27)18(14(2)25-26)12-17-8-10-21(30-17)15-5-9-20(24)19(11-15)23(28)29/h3-12,25H,2H2,1H3,(H,28,29)/b18-12+. The summed E-state index contributed by atoms with van der Waals surface area (Å²) in [6.07, 6.45) is 1.60. The third-order valence-corrected chi connectivity index (χ3v) is 5.02. The third kappa shape index (κ3) is 3.60. The highest BCUT2D eigenvalue weighted by molar-refractivity contribution is 6.33. The summed E-state index contributed by atoms with van der Waals surface area (Å²) in [7, 11) is 0. The summed E-state index contributed by atoms with van der Waals surface area (Å²) in [6.45, 7) is 5.89. The predicted molar refractivity (Wildman–Crippen MR) is 116 cm³/mol. The fraction of sp³-hybridized carbons (Fsp3) is 0.0435. The first kappa shape index (κ1) is 19.5. The molecule has 0 atom stereocenters. The predicted octanol–water partition coefficient (Wildman–Crippen LogP) is 3.32.